The minimum absolute atomic E-state index is 0.0479. The van der Waals surface area contributed by atoms with Gasteiger partial charge in [-0.15, -0.1) is 0 Å². The second kappa shape index (κ2) is 8.97. The third-order valence-corrected chi connectivity index (χ3v) is 4.23. The maximum atomic E-state index is 13.7. The van der Waals surface area contributed by atoms with Crippen molar-refractivity contribution in [1.82, 2.24) is 10.6 Å². The van der Waals surface area contributed by atoms with Gasteiger partial charge in [0.05, 0.1) is 0 Å². The lowest BCUT2D eigenvalue weighted by atomic mass is 9.97. The number of halogens is 1. The van der Waals surface area contributed by atoms with Gasteiger partial charge in [0.1, 0.15) is 11.9 Å². The van der Waals surface area contributed by atoms with Crippen LogP contribution in [0.2, 0.25) is 0 Å². The number of hydrogen-bond acceptors (Lipinski definition) is 2. The molecule has 0 aromatic heterocycles. The van der Waals surface area contributed by atoms with E-state index < -0.39 is 6.04 Å². The molecule has 0 saturated heterocycles. The van der Waals surface area contributed by atoms with Crippen LogP contribution in [-0.2, 0) is 11.3 Å². The van der Waals surface area contributed by atoms with Crippen LogP contribution in [0.25, 0.3) is 0 Å². The van der Waals surface area contributed by atoms with Crippen molar-refractivity contribution in [1.29, 1.82) is 0 Å². The number of carbonyl (C=O) groups excluding carboxylic acids is 2. The van der Waals surface area contributed by atoms with E-state index in [0.29, 0.717) is 11.1 Å². The molecule has 25 heavy (non-hydrogen) atoms. The highest BCUT2D eigenvalue weighted by atomic mass is 19.1. The van der Waals surface area contributed by atoms with Gasteiger partial charge in [0.2, 0.25) is 5.91 Å². The van der Waals surface area contributed by atoms with Crippen LogP contribution in [0, 0.1) is 11.7 Å². The van der Waals surface area contributed by atoms with E-state index in [-0.39, 0.29) is 30.1 Å². The number of benzene rings is 2. The number of hydrogen-bond donors (Lipinski definition) is 2. The molecule has 0 bridgehead atoms. The number of amides is 2. The summed E-state index contributed by atoms with van der Waals surface area (Å²) in [5.74, 6) is -1.03. The number of rotatable bonds is 7. The fourth-order valence-corrected chi connectivity index (χ4v) is 2.45. The molecular formula is C20H23FN2O2. The average Bonchev–Trinajstić information content (AvgIpc) is 2.65. The molecule has 0 fully saturated rings. The Morgan fingerprint density at radius 3 is 2.32 bits per heavy atom. The van der Waals surface area contributed by atoms with Crippen LogP contribution in [0.15, 0.2) is 54.6 Å². The van der Waals surface area contributed by atoms with Crippen molar-refractivity contribution >= 4 is 11.8 Å². The molecule has 132 valence electrons. The van der Waals surface area contributed by atoms with Crippen molar-refractivity contribution in [2.45, 2.75) is 32.9 Å². The molecule has 2 amide bonds. The smallest absolute Gasteiger partial charge is 0.251 e. The first-order chi connectivity index (χ1) is 12.0. The van der Waals surface area contributed by atoms with Crippen LogP contribution in [-0.4, -0.2) is 17.9 Å². The summed E-state index contributed by atoms with van der Waals surface area (Å²) >= 11 is 0. The van der Waals surface area contributed by atoms with E-state index in [9.17, 15) is 14.0 Å². The van der Waals surface area contributed by atoms with Gasteiger partial charge in [-0.05, 0) is 24.1 Å². The molecule has 2 N–H and O–H groups in total. The summed E-state index contributed by atoms with van der Waals surface area (Å²) in [6, 6.07) is 14.4. The fourth-order valence-electron chi connectivity index (χ4n) is 2.45. The van der Waals surface area contributed by atoms with Gasteiger partial charge in [-0.1, -0.05) is 56.7 Å². The van der Waals surface area contributed by atoms with Crippen molar-refractivity contribution < 1.29 is 14.0 Å². The molecule has 0 radical (unpaired) electrons. The topological polar surface area (TPSA) is 58.2 Å². The summed E-state index contributed by atoms with van der Waals surface area (Å²) in [6.45, 7) is 3.94. The largest absolute Gasteiger partial charge is 0.350 e. The molecule has 5 heteroatoms. The average molecular weight is 342 g/mol. The highest BCUT2D eigenvalue weighted by Crippen LogP contribution is 2.11. The van der Waals surface area contributed by atoms with E-state index in [2.05, 4.69) is 10.6 Å². The monoisotopic (exact) mass is 342 g/mol. The van der Waals surface area contributed by atoms with E-state index >= 15 is 0 Å². The van der Waals surface area contributed by atoms with E-state index in [4.69, 9.17) is 0 Å². The third-order valence-electron chi connectivity index (χ3n) is 4.23. The summed E-state index contributed by atoms with van der Waals surface area (Å²) in [4.78, 5) is 24.9. The SMILES string of the molecule is CC[C@@H](C)[C@H](NC(=O)c1ccccc1)C(=O)NCc1ccccc1F. The standard InChI is InChI=1S/C20H23FN2O2/c1-3-14(2)18(23-19(24)15-9-5-4-6-10-15)20(25)22-13-16-11-7-8-12-17(16)21/h4-12,14,18H,3,13H2,1-2H3,(H,22,25)(H,23,24)/t14-,18+/m1/s1. The van der Waals surface area contributed by atoms with Gasteiger partial charge in [0.25, 0.3) is 5.91 Å². The predicted octanol–water partition coefficient (Wildman–Crippen LogP) is 3.29. The Bertz CT molecular complexity index is 719. The summed E-state index contributed by atoms with van der Waals surface area (Å²) < 4.78 is 13.7. The summed E-state index contributed by atoms with van der Waals surface area (Å²) in [7, 11) is 0. The van der Waals surface area contributed by atoms with Crippen molar-refractivity contribution in [3.63, 3.8) is 0 Å². The second-order valence-electron chi connectivity index (χ2n) is 6.01. The van der Waals surface area contributed by atoms with Crippen molar-refractivity contribution in [3.05, 3.63) is 71.5 Å². The molecule has 0 saturated carbocycles. The first-order valence-corrected chi connectivity index (χ1v) is 8.40. The molecule has 4 nitrogen and oxygen atoms in total. The first kappa shape index (κ1) is 18.6. The van der Waals surface area contributed by atoms with Crippen molar-refractivity contribution in [3.8, 4) is 0 Å². The minimum atomic E-state index is -0.676. The second-order valence-corrected chi connectivity index (χ2v) is 6.01. The van der Waals surface area contributed by atoms with Gasteiger partial charge in [-0.2, -0.15) is 0 Å². The Hall–Kier alpha value is -2.69. The van der Waals surface area contributed by atoms with Crippen LogP contribution in [0.3, 0.4) is 0 Å². The lowest BCUT2D eigenvalue weighted by Crippen LogP contribution is -2.50. The molecule has 0 unspecified atom stereocenters. The normalized spacial score (nSPS) is 12.9. The van der Waals surface area contributed by atoms with E-state index in [1.165, 1.54) is 6.07 Å². The predicted molar refractivity (Wildman–Crippen MR) is 95.4 cm³/mol. The zero-order valence-electron chi connectivity index (χ0n) is 14.5. The maximum Gasteiger partial charge on any atom is 0.251 e. The minimum Gasteiger partial charge on any atom is -0.350 e. The van der Waals surface area contributed by atoms with Crippen molar-refractivity contribution in [2.24, 2.45) is 5.92 Å². The highest BCUT2D eigenvalue weighted by Gasteiger charge is 2.26. The Labute approximate surface area is 147 Å². The van der Waals surface area contributed by atoms with Crippen LogP contribution in [0.1, 0.15) is 36.2 Å². The maximum absolute atomic E-state index is 13.7. The molecule has 0 aliphatic heterocycles. The zero-order valence-corrected chi connectivity index (χ0v) is 14.5. The Morgan fingerprint density at radius 2 is 1.68 bits per heavy atom. The van der Waals surface area contributed by atoms with Gasteiger partial charge in [-0.3, -0.25) is 9.59 Å². The molecule has 2 aromatic carbocycles. The highest BCUT2D eigenvalue weighted by molar-refractivity contribution is 5.97. The lowest BCUT2D eigenvalue weighted by molar-refractivity contribution is -0.124. The van der Waals surface area contributed by atoms with Crippen LogP contribution >= 0.6 is 0 Å². The van der Waals surface area contributed by atoms with E-state index in [1.807, 2.05) is 19.9 Å². The molecule has 2 aromatic rings. The zero-order chi connectivity index (χ0) is 18.2. The Balaban J connectivity index is 2.05. The molecule has 0 aliphatic rings. The number of nitrogens with one attached hydrogen (secondary N) is 2. The van der Waals surface area contributed by atoms with Crippen LogP contribution < -0.4 is 10.6 Å². The van der Waals surface area contributed by atoms with Crippen LogP contribution in [0.4, 0.5) is 4.39 Å². The Kier molecular flexibility index (Phi) is 6.69. The van der Waals surface area contributed by atoms with E-state index in [0.717, 1.165) is 6.42 Å². The molecule has 0 heterocycles. The van der Waals surface area contributed by atoms with Crippen molar-refractivity contribution in [2.75, 3.05) is 0 Å². The van der Waals surface area contributed by atoms with Gasteiger partial charge in [-0.25, -0.2) is 4.39 Å². The van der Waals surface area contributed by atoms with Gasteiger partial charge in [0.15, 0.2) is 0 Å². The molecule has 0 aliphatic carbocycles. The molecule has 2 atom stereocenters. The summed E-state index contributed by atoms with van der Waals surface area (Å²) in [5.41, 5.74) is 0.908. The molecular weight excluding hydrogens is 319 g/mol. The number of carbonyl (C=O) groups is 2. The summed E-state index contributed by atoms with van der Waals surface area (Å²) in [6.07, 6.45) is 0.729. The quantitative estimate of drug-likeness (QED) is 0.811. The van der Waals surface area contributed by atoms with Gasteiger partial charge in [0, 0.05) is 17.7 Å². The lowest BCUT2D eigenvalue weighted by Gasteiger charge is -2.23. The molecule has 2 rings (SSSR count). The molecule has 0 spiro atoms. The first-order valence-electron chi connectivity index (χ1n) is 8.40. The van der Waals surface area contributed by atoms with Crippen LogP contribution in [0.5, 0.6) is 0 Å². The third kappa shape index (κ3) is 5.14. The Morgan fingerprint density at radius 1 is 1.04 bits per heavy atom. The fraction of sp³-hybridized carbons (Fsp3) is 0.300. The van der Waals surface area contributed by atoms with E-state index in [1.54, 1.807) is 42.5 Å². The summed E-state index contributed by atoms with van der Waals surface area (Å²) in [5, 5.41) is 5.51. The van der Waals surface area contributed by atoms with Gasteiger partial charge >= 0.3 is 0 Å². The van der Waals surface area contributed by atoms with Gasteiger partial charge < -0.3 is 10.6 Å².